The molecule has 14 heteroatoms. The third-order valence-corrected chi connectivity index (χ3v) is 8.97. The van der Waals surface area contributed by atoms with Crippen molar-refractivity contribution in [2.45, 2.75) is 23.5 Å². The molecule has 1 aromatic heterocycles. The third-order valence-electron chi connectivity index (χ3n) is 7.19. The van der Waals surface area contributed by atoms with E-state index in [1.807, 2.05) is 9.80 Å². The molecule has 0 aliphatic carbocycles. The van der Waals surface area contributed by atoms with Crippen LogP contribution in [0.4, 0.5) is 33.5 Å². The lowest BCUT2D eigenvalue weighted by Crippen LogP contribution is -2.61. The van der Waals surface area contributed by atoms with Gasteiger partial charge in [-0.1, -0.05) is 12.1 Å². The predicted molar refractivity (Wildman–Crippen MR) is 140 cm³/mol. The highest BCUT2D eigenvalue weighted by atomic mass is 32.2. The van der Waals surface area contributed by atoms with Crippen molar-refractivity contribution in [1.29, 1.82) is 0 Å². The van der Waals surface area contributed by atoms with E-state index < -0.39 is 55.9 Å². The van der Waals surface area contributed by atoms with Crippen molar-refractivity contribution >= 4 is 27.5 Å². The molecule has 0 saturated carbocycles. The number of piperazine rings is 1. The maximum Gasteiger partial charge on any atom is 0.416 e. The Hall–Kier alpha value is -3.78. The van der Waals surface area contributed by atoms with Gasteiger partial charge < -0.3 is 9.64 Å². The van der Waals surface area contributed by atoms with Crippen LogP contribution in [-0.4, -0.2) is 70.1 Å². The summed E-state index contributed by atoms with van der Waals surface area (Å²) in [6.07, 6.45) is -3.41. The number of methoxy groups -OCH3 is 1. The van der Waals surface area contributed by atoms with Gasteiger partial charge in [0.25, 0.3) is 10.0 Å². The van der Waals surface area contributed by atoms with Gasteiger partial charge in [-0.2, -0.15) is 13.2 Å². The average Bonchev–Trinajstić information content (AvgIpc) is 2.94. The largest absolute Gasteiger partial charge is 0.469 e. The first-order valence-electron chi connectivity index (χ1n) is 12.6. The molecule has 3 heterocycles. The van der Waals surface area contributed by atoms with E-state index >= 15 is 0 Å². The van der Waals surface area contributed by atoms with Crippen molar-refractivity contribution < 1.29 is 39.9 Å². The van der Waals surface area contributed by atoms with E-state index in [2.05, 4.69) is 4.98 Å². The van der Waals surface area contributed by atoms with Gasteiger partial charge in [-0.25, -0.2) is 22.2 Å². The van der Waals surface area contributed by atoms with Crippen LogP contribution < -0.4 is 9.21 Å². The first-order chi connectivity index (χ1) is 19.4. The van der Waals surface area contributed by atoms with Crippen LogP contribution in [0.15, 0.2) is 59.6 Å². The molecular weight excluding hydrogens is 571 g/mol. The molecule has 1 saturated heterocycles. The minimum absolute atomic E-state index is 0.0122. The average molecular weight is 597 g/mol. The number of alkyl halides is 3. The van der Waals surface area contributed by atoms with Crippen LogP contribution in [0.25, 0.3) is 11.1 Å². The highest BCUT2D eigenvalue weighted by Gasteiger charge is 2.42. The second kappa shape index (κ2) is 10.9. The van der Waals surface area contributed by atoms with Gasteiger partial charge in [-0.05, 0) is 36.4 Å². The minimum Gasteiger partial charge on any atom is -0.469 e. The van der Waals surface area contributed by atoms with E-state index in [0.717, 1.165) is 34.6 Å². The highest BCUT2D eigenvalue weighted by Crippen LogP contribution is 2.42. The molecule has 0 bridgehead atoms. The minimum atomic E-state index is -4.78. The van der Waals surface area contributed by atoms with Crippen molar-refractivity contribution in [2.75, 3.05) is 49.0 Å². The Morgan fingerprint density at radius 1 is 1.05 bits per heavy atom. The molecule has 2 aliphatic heterocycles. The Labute approximate surface area is 233 Å². The summed E-state index contributed by atoms with van der Waals surface area (Å²) in [5, 5.41) is 0. The summed E-state index contributed by atoms with van der Waals surface area (Å²) in [6.45, 7) is 1.43. The number of fused-ring (bicyclic) bond motifs is 3. The molecule has 5 rings (SSSR count). The Morgan fingerprint density at radius 3 is 2.44 bits per heavy atom. The first-order valence-corrected chi connectivity index (χ1v) is 14.0. The number of sulfonamides is 1. The summed E-state index contributed by atoms with van der Waals surface area (Å²) in [7, 11) is -3.31. The van der Waals surface area contributed by atoms with Gasteiger partial charge in [-0.3, -0.25) is 14.0 Å². The van der Waals surface area contributed by atoms with E-state index in [-0.39, 0.29) is 30.0 Å². The van der Waals surface area contributed by atoms with Gasteiger partial charge in [0.05, 0.1) is 47.8 Å². The fraction of sp³-hybridized carbons (Fsp3) is 0.333. The van der Waals surface area contributed by atoms with Crippen molar-refractivity contribution in [2.24, 2.45) is 0 Å². The Kier molecular flexibility index (Phi) is 7.64. The summed E-state index contributed by atoms with van der Waals surface area (Å²) in [5.41, 5.74) is -1.58. The molecule has 3 aromatic rings. The molecule has 2 aliphatic rings. The number of rotatable bonds is 6. The second-order valence-electron chi connectivity index (χ2n) is 9.70. The Balaban J connectivity index is 1.59. The zero-order chi connectivity index (χ0) is 29.5. The van der Waals surface area contributed by atoms with Crippen LogP contribution in [0, 0.1) is 11.6 Å². The van der Waals surface area contributed by atoms with E-state index in [0.29, 0.717) is 32.2 Å². The summed E-state index contributed by atoms with van der Waals surface area (Å²) >= 11 is 0. The number of anilines is 2. The van der Waals surface area contributed by atoms with Crippen molar-refractivity contribution in [3.63, 3.8) is 0 Å². The SMILES string of the molecule is COC(=O)CCN1CCN2c3ncc(-c4c(F)cccc4F)cc3N(S(=O)(=O)c3cccc(C(F)(F)F)c3)C[C@@H]2C1. The predicted octanol–water partition coefficient (Wildman–Crippen LogP) is 4.31. The number of pyridine rings is 1. The molecule has 0 spiro atoms. The van der Waals surface area contributed by atoms with Crippen molar-refractivity contribution in [1.82, 2.24) is 9.88 Å². The van der Waals surface area contributed by atoms with Crippen LogP contribution in [0.3, 0.4) is 0 Å². The molecular formula is C27H25F5N4O4S. The number of carbonyl (C=O) groups excluding carboxylic acids is 1. The van der Waals surface area contributed by atoms with E-state index in [1.54, 1.807) is 0 Å². The van der Waals surface area contributed by atoms with Crippen LogP contribution in [0.1, 0.15) is 12.0 Å². The van der Waals surface area contributed by atoms with Crippen LogP contribution in [0.5, 0.6) is 0 Å². The molecule has 0 amide bonds. The number of halogens is 5. The van der Waals surface area contributed by atoms with Crippen molar-refractivity contribution in [3.8, 4) is 11.1 Å². The van der Waals surface area contributed by atoms with Gasteiger partial charge >= 0.3 is 12.1 Å². The van der Waals surface area contributed by atoms with Gasteiger partial charge in [-0.15, -0.1) is 0 Å². The monoisotopic (exact) mass is 596 g/mol. The number of benzene rings is 2. The van der Waals surface area contributed by atoms with Gasteiger partial charge in [0.2, 0.25) is 0 Å². The normalized spacial score (nSPS) is 17.7. The summed E-state index contributed by atoms with van der Waals surface area (Å²) < 4.78 is 103. The molecule has 0 N–H and O–H groups in total. The third kappa shape index (κ3) is 5.58. The Bertz CT molecular complexity index is 1560. The number of aromatic nitrogens is 1. The fourth-order valence-electron chi connectivity index (χ4n) is 5.15. The summed E-state index contributed by atoms with van der Waals surface area (Å²) in [5.74, 6) is -1.95. The number of carbonyl (C=O) groups is 1. The van der Waals surface area contributed by atoms with Gasteiger partial charge in [0.15, 0.2) is 5.82 Å². The van der Waals surface area contributed by atoms with Gasteiger partial charge in [0, 0.05) is 37.9 Å². The number of nitrogens with zero attached hydrogens (tertiary/aromatic N) is 4. The quantitative estimate of drug-likeness (QED) is 0.310. The zero-order valence-electron chi connectivity index (χ0n) is 21.7. The van der Waals surface area contributed by atoms with Crippen molar-refractivity contribution in [3.05, 3.63) is 71.9 Å². The summed E-state index contributed by atoms with van der Waals surface area (Å²) in [6, 6.07) is 7.50. The number of ether oxygens (including phenoxy) is 1. The lowest BCUT2D eigenvalue weighted by molar-refractivity contribution is -0.141. The van der Waals surface area contributed by atoms with E-state index in [9.17, 15) is 35.2 Å². The number of esters is 1. The van der Waals surface area contributed by atoms with Crippen LogP contribution in [0.2, 0.25) is 0 Å². The Morgan fingerprint density at radius 2 is 1.76 bits per heavy atom. The topological polar surface area (TPSA) is 83.1 Å². The molecule has 41 heavy (non-hydrogen) atoms. The van der Waals surface area contributed by atoms with E-state index in [1.165, 1.54) is 25.4 Å². The molecule has 1 fully saturated rings. The van der Waals surface area contributed by atoms with E-state index in [4.69, 9.17) is 4.74 Å². The smallest absolute Gasteiger partial charge is 0.416 e. The molecule has 218 valence electrons. The highest BCUT2D eigenvalue weighted by molar-refractivity contribution is 7.92. The molecule has 1 atom stereocenters. The number of hydrogen-bond donors (Lipinski definition) is 0. The zero-order valence-corrected chi connectivity index (χ0v) is 22.6. The number of hydrogen-bond acceptors (Lipinski definition) is 7. The van der Waals surface area contributed by atoms with Crippen LogP contribution >= 0.6 is 0 Å². The standard InChI is InChI=1S/C27H25F5N4O4S/c1-40-24(37)8-9-34-10-11-35-19(15-34)16-36(41(38,39)20-5-2-4-18(13-20)27(30,31)32)23-12-17(14-33-26(23)35)25-21(28)6-3-7-22(25)29/h2-7,12-14,19H,8-11,15-16H2,1H3/t19-/m0/s1. The molecule has 0 radical (unpaired) electrons. The maximum atomic E-state index is 14.6. The summed E-state index contributed by atoms with van der Waals surface area (Å²) in [4.78, 5) is 19.3. The second-order valence-corrected chi connectivity index (χ2v) is 11.6. The van der Waals surface area contributed by atoms with Crippen LogP contribution in [-0.2, 0) is 25.7 Å². The molecule has 8 nitrogen and oxygen atoms in total. The molecule has 0 unspecified atom stereocenters. The first kappa shape index (κ1) is 28.7. The fourth-order valence-corrected chi connectivity index (χ4v) is 6.69. The maximum absolute atomic E-state index is 14.6. The lowest BCUT2D eigenvalue weighted by Gasteiger charge is -2.48. The molecule has 2 aromatic carbocycles. The van der Waals surface area contributed by atoms with Gasteiger partial charge in [0.1, 0.15) is 11.6 Å². The lowest BCUT2D eigenvalue weighted by atomic mass is 10.0.